The van der Waals surface area contributed by atoms with Gasteiger partial charge in [-0.3, -0.25) is 5.41 Å². The molecular formula is C24H25ClF2N8. The summed E-state index contributed by atoms with van der Waals surface area (Å²) in [5, 5.41) is 8.64. The fourth-order valence-corrected chi connectivity index (χ4v) is 5.92. The summed E-state index contributed by atoms with van der Waals surface area (Å²) in [5.74, 6) is -0.546. The molecule has 0 spiro atoms. The lowest BCUT2D eigenvalue weighted by atomic mass is 9.87. The third-order valence-electron chi connectivity index (χ3n) is 7.37. The van der Waals surface area contributed by atoms with Crippen LogP contribution in [0.1, 0.15) is 29.7 Å². The van der Waals surface area contributed by atoms with Crippen LogP contribution >= 0.6 is 11.6 Å². The van der Waals surface area contributed by atoms with Crippen LogP contribution in [0.2, 0.25) is 5.02 Å². The molecular weight excluding hydrogens is 474 g/mol. The van der Waals surface area contributed by atoms with Crippen molar-refractivity contribution in [3.05, 3.63) is 70.1 Å². The summed E-state index contributed by atoms with van der Waals surface area (Å²) < 4.78 is 28.8. The number of nitrogens with zero attached hydrogens (tertiary/aromatic N) is 4. The highest BCUT2D eigenvalue weighted by Crippen LogP contribution is 2.65. The number of rotatable bonds is 6. The van der Waals surface area contributed by atoms with Crippen LogP contribution in [0.5, 0.6) is 0 Å². The molecule has 0 amide bonds. The predicted molar refractivity (Wildman–Crippen MR) is 132 cm³/mol. The monoisotopic (exact) mass is 498 g/mol. The number of pyridine rings is 1. The first-order chi connectivity index (χ1) is 16.8. The summed E-state index contributed by atoms with van der Waals surface area (Å²) in [4.78, 5) is 14.8. The van der Waals surface area contributed by atoms with Gasteiger partial charge < -0.3 is 22.1 Å². The Morgan fingerprint density at radius 2 is 1.97 bits per heavy atom. The fourth-order valence-electron chi connectivity index (χ4n) is 5.71. The van der Waals surface area contributed by atoms with Crippen LogP contribution in [0.3, 0.4) is 0 Å². The van der Waals surface area contributed by atoms with Gasteiger partial charge in [-0.1, -0.05) is 23.7 Å². The average molecular weight is 499 g/mol. The van der Waals surface area contributed by atoms with Gasteiger partial charge in [0.15, 0.2) is 17.5 Å². The smallest absolute Gasteiger partial charge is 0.162 e. The molecule has 0 bridgehead atoms. The van der Waals surface area contributed by atoms with Gasteiger partial charge in [-0.15, -0.1) is 0 Å². The predicted octanol–water partition coefficient (Wildman–Crippen LogP) is 3.13. The molecule has 2 aromatic heterocycles. The first-order valence-electron chi connectivity index (χ1n) is 11.3. The summed E-state index contributed by atoms with van der Waals surface area (Å²) in [6.07, 6.45) is 4.38. The fraction of sp³-hybridized carbons (Fsp3) is 0.333. The minimum Gasteiger partial charge on any atom is -0.382 e. The highest BCUT2D eigenvalue weighted by molar-refractivity contribution is 6.37. The number of piperidine rings is 1. The Morgan fingerprint density at radius 1 is 1.17 bits per heavy atom. The van der Waals surface area contributed by atoms with Crippen LogP contribution in [0.4, 0.5) is 26.2 Å². The maximum absolute atomic E-state index is 14.8. The van der Waals surface area contributed by atoms with Crippen LogP contribution in [0.25, 0.3) is 0 Å². The third-order valence-corrected chi connectivity index (χ3v) is 7.77. The lowest BCUT2D eigenvalue weighted by molar-refractivity contribution is 0.459. The van der Waals surface area contributed by atoms with Crippen molar-refractivity contribution < 1.29 is 8.78 Å². The molecule has 7 N–H and O–H groups in total. The number of aromatic nitrogens is 3. The molecule has 0 radical (unpaired) electrons. The van der Waals surface area contributed by atoms with Gasteiger partial charge >= 0.3 is 0 Å². The van der Waals surface area contributed by atoms with E-state index in [4.69, 9.17) is 34.2 Å². The maximum atomic E-state index is 14.8. The van der Waals surface area contributed by atoms with Gasteiger partial charge in [-0.25, -0.2) is 23.7 Å². The molecule has 2 fully saturated rings. The van der Waals surface area contributed by atoms with Crippen molar-refractivity contribution in [1.29, 1.82) is 5.41 Å². The molecule has 3 aromatic rings. The molecule has 5 rings (SSSR count). The summed E-state index contributed by atoms with van der Waals surface area (Å²) in [6, 6.07) is 5.93. The number of hydrogen-bond donors (Lipinski definition) is 4. The number of anilines is 3. The van der Waals surface area contributed by atoms with Crippen LogP contribution in [-0.2, 0) is 5.41 Å². The second-order valence-electron chi connectivity index (χ2n) is 9.02. The molecule has 182 valence electrons. The van der Waals surface area contributed by atoms with Crippen molar-refractivity contribution in [1.82, 2.24) is 15.0 Å². The van der Waals surface area contributed by atoms with Gasteiger partial charge in [-0.05, 0) is 48.9 Å². The Balaban J connectivity index is 1.40. The SMILES string of the molecule is N=C(c1ccnc(N)c1Cl)c1ncc(N2CC[C@@H]3C(C2)[C@@]3(CCN)c2cccc(F)c2F)nc1N. The zero-order valence-corrected chi connectivity index (χ0v) is 19.6. The molecule has 3 heterocycles. The van der Waals surface area contributed by atoms with Gasteiger partial charge in [0, 0.05) is 30.3 Å². The first kappa shape index (κ1) is 23.4. The van der Waals surface area contributed by atoms with Gasteiger partial charge in [0.2, 0.25) is 0 Å². The molecule has 11 heteroatoms. The molecule has 1 aliphatic heterocycles. The van der Waals surface area contributed by atoms with E-state index in [1.807, 2.05) is 4.90 Å². The quantitative estimate of drug-likeness (QED) is 0.382. The average Bonchev–Trinajstić information content (AvgIpc) is 3.49. The van der Waals surface area contributed by atoms with Crippen molar-refractivity contribution in [3.63, 3.8) is 0 Å². The van der Waals surface area contributed by atoms with Crippen molar-refractivity contribution >= 4 is 34.8 Å². The Labute approximate surface area is 206 Å². The second kappa shape index (κ2) is 8.69. The number of halogens is 3. The minimum absolute atomic E-state index is 0.00917. The molecule has 1 saturated heterocycles. The normalized spacial score (nSPS) is 23.1. The van der Waals surface area contributed by atoms with Crippen LogP contribution in [0.15, 0.2) is 36.7 Å². The van der Waals surface area contributed by atoms with Gasteiger partial charge in [0.1, 0.15) is 17.3 Å². The number of fused-ring (bicyclic) bond motifs is 1. The first-order valence-corrected chi connectivity index (χ1v) is 11.7. The van der Waals surface area contributed by atoms with Gasteiger partial charge in [0.05, 0.1) is 16.9 Å². The van der Waals surface area contributed by atoms with Crippen LogP contribution in [-0.4, -0.2) is 40.3 Å². The summed E-state index contributed by atoms with van der Waals surface area (Å²) >= 11 is 6.20. The molecule has 35 heavy (non-hydrogen) atoms. The molecule has 2 aliphatic rings. The summed E-state index contributed by atoms with van der Waals surface area (Å²) in [5.41, 5.74) is 18.3. The number of nitrogens with one attached hydrogen (secondary N) is 1. The molecule has 1 unspecified atom stereocenters. The van der Waals surface area contributed by atoms with E-state index < -0.39 is 17.0 Å². The largest absolute Gasteiger partial charge is 0.382 e. The maximum Gasteiger partial charge on any atom is 0.162 e. The molecule has 8 nitrogen and oxygen atoms in total. The number of benzene rings is 1. The van der Waals surface area contributed by atoms with E-state index in [9.17, 15) is 8.78 Å². The van der Waals surface area contributed by atoms with E-state index in [2.05, 4.69) is 15.0 Å². The van der Waals surface area contributed by atoms with Crippen LogP contribution < -0.4 is 22.1 Å². The van der Waals surface area contributed by atoms with Crippen molar-refractivity contribution in [2.75, 3.05) is 36.0 Å². The third kappa shape index (κ3) is 3.68. The minimum atomic E-state index is -0.841. The van der Waals surface area contributed by atoms with Crippen molar-refractivity contribution in [3.8, 4) is 0 Å². The number of nitrogens with two attached hydrogens (primary N) is 3. The summed E-state index contributed by atoms with van der Waals surface area (Å²) in [7, 11) is 0. The standard InChI is InChI=1S/C24H25ClF2N8/c25-18-12(4-8-32-22(18)30)20(29)21-23(31)34-17(10-33-21)35-9-5-13-15(11-35)24(13,6-7-28)14-2-1-3-16(26)19(14)27/h1-4,8,10,13,15,29H,5-7,9,11,28H2,(H2,30,32)(H2,31,34)/t13-,15?,24-/m1/s1. The van der Waals surface area contributed by atoms with E-state index >= 15 is 0 Å². The Bertz CT molecular complexity index is 1320. The van der Waals surface area contributed by atoms with E-state index in [1.54, 1.807) is 24.4 Å². The Hall–Kier alpha value is -3.37. The highest BCUT2D eigenvalue weighted by atomic mass is 35.5. The Morgan fingerprint density at radius 3 is 2.71 bits per heavy atom. The van der Waals surface area contributed by atoms with E-state index in [0.717, 1.165) is 12.5 Å². The van der Waals surface area contributed by atoms with Gasteiger partial charge in [-0.2, -0.15) is 0 Å². The molecule has 1 aromatic carbocycles. The van der Waals surface area contributed by atoms with E-state index in [0.29, 0.717) is 43.0 Å². The number of nitrogen functional groups attached to an aromatic ring is 2. The lowest BCUT2D eigenvalue weighted by Gasteiger charge is -2.27. The summed E-state index contributed by atoms with van der Waals surface area (Å²) in [6.45, 7) is 1.65. The molecule has 3 atom stereocenters. The lowest BCUT2D eigenvalue weighted by Crippen LogP contribution is -2.32. The van der Waals surface area contributed by atoms with Crippen molar-refractivity contribution in [2.24, 2.45) is 17.6 Å². The number of hydrogen-bond acceptors (Lipinski definition) is 8. The molecule has 1 aliphatic carbocycles. The highest BCUT2D eigenvalue weighted by Gasteiger charge is 2.66. The van der Waals surface area contributed by atoms with Gasteiger partial charge in [0.25, 0.3) is 0 Å². The zero-order valence-electron chi connectivity index (χ0n) is 18.8. The van der Waals surface area contributed by atoms with E-state index in [1.165, 1.54) is 6.20 Å². The Kier molecular flexibility index (Phi) is 5.80. The molecule has 1 saturated carbocycles. The van der Waals surface area contributed by atoms with E-state index in [-0.39, 0.29) is 39.9 Å². The topological polar surface area (TPSA) is 144 Å². The zero-order chi connectivity index (χ0) is 24.9. The van der Waals surface area contributed by atoms with Crippen LogP contribution in [0, 0.1) is 28.9 Å². The van der Waals surface area contributed by atoms with Crippen molar-refractivity contribution in [2.45, 2.75) is 18.3 Å². The second-order valence-corrected chi connectivity index (χ2v) is 9.40.